The fourth-order valence-electron chi connectivity index (χ4n) is 3.29. The molecule has 4 aromatic rings. The lowest BCUT2D eigenvalue weighted by Gasteiger charge is -2.16. The van der Waals surface area contributed by atoms with Crippen molar-refractivity contribution in [2.75, 3.05) is 7.11 Å². The average Bonchev–Trinajstić information content (AvgIpc) is 3.11. The van der Waals surface area contributed by atoms with Crippen molar-refractivity contribution in [2.24, 2.45) is 0 Å². The third kappa shape index (κ3) is 3.44. The maximum absolute atomic E-state index is 12.8. The van der Waals surface area contributed by atoms with Gasteiger partial charge in [-0.1, -0.05) is 48.5 Å². The number of amides is 1. The number of benzene rings is 2. The topological polar surface area (TPSA) is 84.1 Å². The smallest absolute Gasteiger partial charge is 0.328 e. The molecule has 6 heteroatoms. The normalized spacial score (nSPS) is 12.0. The third-order valence-corrected chi connectivity index (χ3v) is 4.70. The molecule has 2 N–H and O–H groups in total. The van der Waals surface area contributed by atoms with Crippen LogP contribution < -0.4 is 5.32 Å². The number of carbonyl (C=O) groups is 2. The minimum Gasteiger partial charge on any atom is -0.467 e. The van der Waals surface area contributed by atoms with Crippen molar-refractivity contribution < 1.29 is 14.3 Å². The second-order valence-corrected chi connectivity index (χ2v) is 6.52. The Morgan fingerprint density at radius 2 is 1.79 bits per heavy atom. The third-order valence-electron chi connectivity index (χ3n) is 4.70. The summed E-state index contributed by atoms with van der Waals surface area (Å²) in [5.41, 5.74) is 3.01. The average molecular weight is 373 g/mol. The van der Waals surface area contributed by atoms with Gasteiger partial charge in [-0.15, -0.1) is 0 Å². The van der Waals surface area contributed by atoms with E-state index in [1.165, 1.54) is 7.11 Å². The van der Waals surface area contributed by atoms with Gasteiger partial charge in [-0.2, -0.15) is 0 Å². The molecule has 4 rings (SSSR count). The highest BCUT2D eigenvalue weighted by Crippen LogP contribution is 2.25. The number of aromatic amines is 1. The molecule has 0 spiro atoms. The Hall–Kier alpha value is -3.67. The molecule has 0 saturated carbocycles. The molecule has 0 bridgehead atoms. The number of hydrogen-bond acceptors (Lipinski definition) is 4. The van der Waals surface area contributed by atoms with Crippen LogP contribution >= 0.6 is 0 Å². The summed E-state index contributed by atoms with van der Waals surface area (Å²) >= 11 is 0. The Bertz CT molecular complexity index is 1150. The van der Waals surface area contributed by atoms with E-state index in [-0.39, 0.29) is 5.69 Å². The van der Waals surface area contributed by atoms with Crippen LogP contribution in [0.25, 0.3) is 21.8 Å². The number of pyridine rings is 1. The number of nitrogens with one attached hydrogen (secondary N) is 2. The first-order valence-electron chi connectivity index (χ1n) is 8.95. The van der Waals surface area contributed by atoms with E-state index in [9.17, 15) is 9.59 Å². The monoisotopic (exact) mass is 373 g/mol. The van der Waals surface area contributed by atoms with Gasteiger partial charge in [0.05, 0.1) is 18.8 Å². The van der Waals surface area contributed by atoms with Gasteiger partial charge in [0.15, 0.2) is 0 Å². The zero-order valence-electron chi connectivity index (χ0n) is 15.3. The number of carbonyl (C=O) groups excluding carboxylic acids is 2. The molecule has 0 aliphatic carbocycles. The first-order chi connectivity index (χ1) is 13.7. The summed E-state index contributed by atoms with van der Waals surface area (Å²) in [6.45, 7) is 0. The van der Waals surface area contributed by atoms with Gasteiger partial charge >= 0.3 is 5.97 Å². The van der Waals surface area contributed by atoms with Crippen LogP contribution in [0, 0.1) is 0 Å². The summed E-state index contributed by atoms with van der Waals surface area (Å²) in [6, 6.07) is 18.3. The Morgan fingerprint density at radius 3 is 2.57 bits per heavy atom. The predicted molar refractivity (Wildman–Crippen MR) is 107 cm³/mol. The minimum atomic E-state index is -0.791. The summed E-state index contributed by atoms with van der Waals surface area (Å²) < 4.78 is 4.86. The molecule has 2 aromatic carbocycles. The predicted octanol–water partition coefficient (Wildman–Crippen LogP) is 3.23. The Labute approximate surface area is 161 Å². The lowest BCUT2D eigenvalue weighted by Crippen LogP contribution is -2.43. The first kappa shape index (κ1) is 17.7. The molecule has 28 heavy (non-hydrogen) atoms. The molecule has 2 aromatic heterocycles. The number of esters is 1. The second-order valence-electron chi connectivity index (χ2n) is 6.52. The maximum atomic E-state index is 12.8. The lowest BCUT2D eigenvalue weighted by molar-refractivity contribution is -0.142. The molecular formula is C22H19N3O3. The van der Waals surface area contributed by atoms with Crippen LogP contribution in [-0.2, 0) is 16.0 Å². The van der Waals surface area contributed by atoms with Crippen LogP contribution in [0.5, 0.6) is 0 Å². The Morgan fingerprint density at radius 1 is 1.04 bits per heavy atom. The van der Waals surface area contributed by atoms with E-state index in [1.54, 1.807) is 12.3 Å². The molecule has 0 radical (unpaired) electrons. The molecule has 0 aliphatic heterocycles. The van der Waals surface area contributed by atoms with E-state index in [2.05, 4.69) is 15.3 Å². The Kier molecular flexibility index (Phi) is 4.76. The van der Waals surface area contributed by atoms with Gasteiger partial charge in [0, 0.05) is 22.7 Å². The maximum Gasteiger partial charge on any atom is 0.328 e. The minimum absolute atomic E-state index is 0.249. The number of rotatable bonds is 5. The lowest BCUT2D eigenvalue weighted by atomic mass is 10.1. The van der Waals surface area contributed by atoms with E-state index in [1.807, 2.05) is 54.6 Å². The van der Waals surface area contributed by atoms with Crippen LogP contribution in [-0.4, -0.2) is 35.0 Å². The number of hydrogen-bond donors (Lipinski definition) is 2. The SMILES string of the molecule is COC(=O)C(Cc1ccccc1)NC(=O)c1cc2c(cn1)[nH]c1ccccc12. The van der Waals surface area contributed by atoms with Crippen molar-refractivity contribution in [1.29, 1.82) is 0 Å². The van der Waals surface area contributed by atoms with Gasteiger partial charge in [0.2, 0.25) is 0 Å². The van der Waals surface area contributed by atoms with Crippen LogP contribution in [0.1, 0.15) is 16.1 Å². The van der Waals surface area contributed by atoms with Crippen LogP contribution in [0.2, 0.25) is 0 Å². The highest BCUT2D eigenvalue weighted by atomic mass is 16.5. The number of ether oxygens (including phenoxy) is 1. The van der Waals surface area contributed by atoms with E-state index in [0.717, 1.165) is 27.4 Å². The molecular weight excluding hydrogens is 354 g/mol. The van der Waals surface area contributed by atoms with Crippen molar-refractivity contribution >= 4 is 33.7 Å². The number of aromatic nitrogens is 2. The number of H-pyrrole nitrogens is 1. The number of para-hydroxylation sites is 1. The van der Waals surface area contributed by atoms with E-state index in [4.69, 9.17) is 4.74 Å². The van der Waals surface area contributed by atoms with Crippen LogP contribution in [0.15, 0.2) is 66.9 Å². The fourth-order valence-corrected chi connectivity index (χ4v) is 3.29. The largest absolute Gasteiger partial charge is 0.467 e. The number of methoxy groups -OCH3 is 1. The molecule has 6 nitrogen and oxygen atoms in total. The van der Waals surface area contributed by atoms with Crippen molar-refractivity contribution in [3.63, 3.8) is 0 Å². The molecule has 0 aliphatic rings. The van der Waals surface area contributed by atoms with Gasteiger partial charge in [0.25, 0.3) is 5.91 Å². The summed E-state index contributed by atoms with van der Waals surface area (Å²) in [5.74, 6) is -0.913. The molecule has 0 saturated heterocycles. The number of fused-ring (bicyclic) bond motifs is 3. The zero-order valence-corrected chi connectivity index (χ0v) is 15.3. The van der Waals surface area contributed by atoms with E-state index in [0.29, 0.717) is 6.42 Å². The number of nitrogens with zero attached hydrogens (tertiary/aromatic N) is 1. The summed E-state index contributed by atoms with van der Waals surface area (Å²) in [7, 11) is 1.31. The quantitative estimate of drug-likeness (QED) is 0.526. The van der Waals surface area contributed by atoms with Crippen molar-refractivity contribution in [2.45, 2.75) is 12.5 Å². The summed E-state index contributed by atoms with van der Waals surface area (Å²) in [6.07, 6.45) is 1.98. The first-order valence-corrected chi connectivity index (χ1v) is 8.95. The summed E-state index contributed by atoms with van der Waals surface area (Å²) in [4.78, 5) is 32.5. The van der Waals surface area contributed by atoms with E-state index >= 15 is 0 Å². The van der Waals surface area contributed by atoms with Gasteiger partial charge in [-0.25, -0.2) is 9.78 Å². The highest BCUT2D eigenvalue weighted by Gasteiger charge is 2.23. The van der Waals surface area contributed by atoms with Crippen molar-refractivity contribution in [3.05, 3.63) is 78.1 Å². The Balaban J connectivity index is 1.61. The van der Waals surface area contributed by atoms with Crippen LogP contribution in [0.4, 0.5) is 0 Å². The summed E-state index contributed by atoms with van der Waals surface area (Å²) in [5, 5.41) is 4.68. The molecule has 1 atom stereocenters. The van der Waals surface area contributed by atoms with Gasteiger partial charge in [-0.3, -0.25) is 4.79 Å². The fraction of sp³-hybridized carbons (Fsp3) is 0.136. The molecule has 2 heterocycles. The van der Waals surface area contributed by atoms with Gasteiger partial charge in [0.1, 0.15) is 11.7 Å². The molecule has 140 valence electrons. The molecule has 0 fully saturated rings. The highest BCUT2D eigenvalue weighted by molar-refractivity contribution is 6.09. The van der Waals surface area contributed by atoms with Gasteiger partial charge < -0.3 is 15.0 Å². The van der Waals surface area contributed by atoms with Crippen molar-refractivity contribution in [3.8, 4) is 0 Å². The standard InChI is InChI=1S/C22H19N3O3/c1-28-22(27)19(11-14-7-3-2-4-8-14)25-21(26)18-12-16-15-9-5-6-10-17(15)24-20(16)13-23-18/h2-10,12-13,19,24H,11H2,1H3,(H,25,26). The van der Waals surface area contributed by atoms with E-state index < -0.39 is 17.9 Å². The van der Waals surface area contributed by atoms with Crippen molar-refractivity contribution in [1.82, 2.24) is 15.3 Å². The molecule has 1 amide bonds. The van der Waals surface area contributed by atoms with Crippen LogP contribution in [0.3, 0.4) is 0 Å². The molecule has 1 unspecified atom stereocenters. The van der Waals surface area contributed by atoms with Gasteiger partial charge in [-0.05, 0) is 17.7 Å². The second kappa shape index (κ2) is 7.52. The zero-order chi connectivity index (χ0) is 19.5.